The molecule has 0 bridgehead atoms. The number of aliphatic hydroxyl groups is 1. The molecule has 0 radical (unpaired) electrons. The van der Waals surface area contributed by atoms with E-state index in [1.807, 2.05) is 0 Å². The zero-order chi connectivity index (χ0) is 10.6. The summed E-state index contributed by atoms with van der Waals surface area (Å²) in [4.78, 5) is 21.1. The van der Waals surface area contributed by atoms with Gasteiger partial charge in [-0.25, -0.2) is 4.79 Å². The molecule has 0 aliphatic carbocycles. The summed E-state index contributed by atoms with van der Waals surface area (Å²) in [5, 5.41) is 21.1. The number of rotatable bonds is 5. The summed E-state index contributed by atoms with van der Waals surface area (Å²) >= 11 is 0. The molecule has 5 heteroatoms. The van der Waals surface area contributed by atoms with Gasteiger partial charge in [0.05, 0.1) is 5.92 Å². The van der Waals surface area contributed by atoms with E-state index in [1.54, 1.807) is 13.8 Å². The standard InChI is InChI=1S/C7H12O5/c1-3(2)4(6(9)10)5(8)7(11)12/h3-5,8H,1-2H3,(H,9,10)(H,11,12)/t4-,5+/m0/s1/i8D. The van der Waals surface area contributed by atoms with Gasteiger partial charge in [0.1, 0.15) is 0 Å². The Bertz CT molecular complexity index is 203. The van der Waals surface area contributed by atoms with Crippen LogP contribution in [-0.4, -0.2) is 34.8 Å². The zero-order valence-corrected chi connectivity index (χ0v) is 6.85. The molecule has 2 atom stereocenters. The van der Waals surface area contributed by atoms with Crippen LogP contribution >= 0.6 is 0 Å². The van der Waals surface area contributed by atoms with E-state index in [1.165, 1.54) is 0 Å². The molecule has 0 amide bonds. The number of carbonyl (C=O) groups is 2. The van der Waals surface area contributed by atoms with E-state index in [2.05, 4.69) is 5.11 Å². The minimum absolute atomic E-state index is 0.399. The second-order valence-corrected chi connectivity index (χ2v) is 2.87. The monoisotopic (exact) mass is 177 g/mol. The molecule has 70 valence electrons. The molecule has 0 aromatic heterocycles. The van der Waals surface area contributed by atoms with Crippen molar-refractivity contribution in [2.24, 2.45) is 11.8 Å². The Morgan fingerprint density at radius 1 is 1.25 bits per heavy atom. The number of carboxylic acids is 2. The Hall–Kier alpha value is -1.10. The molecule has 0 unspecified atom stereocenters. The summed E-state index contributed by atoms with van der Waals surface area (Å²) in [6.45, 7) is 3.13. The largest absolute Gasteiger partial charge is 0.481 e. The minimum atomic E-state index is -1.61. The molecule has 0 spiro atoms. The average Bonchev–Trinajstić information content (AvgIpc) is 1.97. The van der Waals surface area contributed by atoms with Crippen molar-refractivity contribution in [1.82, 2.24) is 0 Å². The molecule has 0 saturated heterocycles. The van der Waals surface area contributed by atoms with E-state index in [0.29, 0.717) is 0 Å². The van der Waals surface area contributed by atoms with Crippen molar-refractivity contribution in [3.63, 3.8) is 0 Å². The van der Waals surface area contributed by atoms with Gasteiger partial charge in [-0.2, -0.15) is 0 Å². The van der Waals surface area contributed by atoms with Gasteiger partial charge >= 0.3 is 11.9 Å². The quantitative estimate of drug-likeness (QED) is 0.540. The van der Waals surface area contributed by atoms with Gasteiger partial charge in [0.2, 0.25) is 1.43 Å². The van der Waals surface area contributed by atoms with Crippen LogP contribution in [0.3, 0.4) is 0 Å². The second kappa shape index (κ2) is 4.06. The SMILES string of the molecule is [2H]O[C@@H](C(=O)O)[C@@H](C(=O)O)C(C)C. The molecule has 0 aromatic carbocycles. The molecule has 0 saturated carbocycles. The number of hydrogen-bond donors (Lipinski definition) is 3. The highest BCUT2D eigenvalue weighted by Crippen LogP contribution is 2.15. The third-order valence-electron chi connectivity index (χ3n) is 1.57. The van der Waals surface area contributed by atoms with E-state index in [-0.39, 0.29) is 0 Å². The molecular formula is C7H12O5. The number of aliphatic carboxylic acids is 2. The lowest BCUT2D eigenvalue weighted by Gasteiger charge is -2.18. The Morgan fingerprint density at radius 3 is 1.83 bits per heavy atom. The van der Waals surface area contributed by atoms with Crippen LogP contribution in [0, 0.1) is 11.8 Å². The number of hydrogen-bond acceptors (Lipinski definition) is 3. The van der Waals surface area contributed by atoms with Gasteiger partial charge < -0.3 is 15.3 Å². The molecule has 0 aliphatic rings. The predicted octanol–water partition coefficient (Wildman–Crippen LogP) is -0.211. The summed E-state index contributed by atoms with van der Waals surface area (Å²) in [5.74, 6) is -4.30. The van der Waals surface area contributed by atoms with Crippen LogP contribution in [0.15, 0.2) is 0 Å². The fourth-order valence-electron chi connectivity index (χ4n) is 0.918. The van der Waals surface area contributed by atoms with Gasteiger partial charge in [-0.1, -0.05) is 13.8 Å². The van der Waals surface area contributed by atoms with Crippen molar-refractivity contribution >= 4 is 11.9 Å². The van der Waals surface area contributed by atoms with Crippen LogP contribution < -0.4 is 0 Å². The van der Waals surface area contributed by atoms with E-state index >= 15 is 0 Å². The van der Waals surface area contributed by atoms with Crippen LogP contribution in [0.2, 0.25) is 0 Å². The second-order valence-electron chi connectivity index (χ2n) is 2.87. The maximum absolute atomic E-state index is 10.6. The summed E-state index contributed by atoms with van der Waals surface area (Å²) in [6, 6.07) is 0. The molecule has 0 fully saturated rings. The molecule has 0 aliphatic heterocycles. The van der Waals surface area contributed by atoms with Crippen molar-refractivity contribution in [2.75, 3.05) is 0 Å². The molecule has 12 heavy (non-hydrogen) atoms. The van der Waals surface area contributed by atoms with Gasteiger partial charge in [-0.15, -0.1) is 0 Å². The molecule has 0 aromatic rings. The Morgan fingerprint density at radius 2 is 1.75 bits per heavy atom. The highest BCUT2D eigenvalue weighted by atomic mass is 16.4. The smallest absolute Gasteiger partial charge is 0.333 e. The number of carboxylic acid groups (broad SMARTS) is 2. The molecular weight excluding hydrogens is 164 g/mol. The highest BCUT2D eigenvalue weighted by Gasteiger charge is 2.34. The Kier molecular flexibility index (Phi) is 3.04. The van der Waals surface area contributed by atoms with E-state index in [0.717, 1.165) is 0 Å². The Labute approximate surface area is 71.1 Å². The third-order valence-corrected chi connectivity index (χ3v) is 1.57. The normalized spacial score (nSPS) is 16.8. The lowest BCUT2D eigenvalue weighted by molar-refractivity contribution is -0.161. The number of aliphatic hydroxyl groups excluding tert-OH is 1. The van der Waals surface area contributed by atoms with E-state index in [9.17, 15) is 9.59 Å². The summed E-state index contributed by atoms with van der Waals surface area (Å²) < 4.78 is 6.46. The molecule has 0 heterocycles. The van der Waals surface area contributed by atoms with Crippen molar-refractivity contribution in [3.8, 4) is 0 Å². The minimum Gasteiger partial charge on any atom is -0.481 e. The maximum Gasteiger partial charge on any atom is 0.333 e. The van der Waals surface area contributed by atoms with E-state index < -0.39 is 29.9 Å². The van der Waals surface area contributed by atoms with Crippen LogP contribution in [-0.2, 0) is 9.59 Å². The third kappa shape index (κ3) is 2.50. The van der Waals surface area contributed by atoms with Crippen molar-refractivity contribution in [1.29, 1.82) is 1.43 Å². The highest BCUT2D eigenvalue weighted by molar-refractivity contribution is 5.81. The van der Waals surface area contributed by atoms with Crippen molar-refractivity contribution in [3.05, 3.63) is 0 Å². The molecule has 3 N–H and O–H groups in total. The van der Waals surface area contributed by atoms with Crippen molar-refractivity contribution < 1.29 is 24.9 Å². The van der Waals surface area contributed by atoms with E-state index in [4.69, 9.17) is 11.6 Å². The lowest BCUT2D eigenvalue weighted by Crippen LogP contribution is -2.37. The average molecular weight is 177 g/mol. The van der Waals surface area contributed by atoms with Crippen LogP contribution in [0.1, 0.15) is 13.8 Å². The van der Waals surface area contributed by atoms with Crippen LogP contribution in [0.5, 0.6) is 0 Å². The van der Waals surface area contributed by atoms with Gasteiger partial charge in [0.25, 0.3) is 0 Å². The summed E-state index contributed by atoms with van der Waals surface area (Å²) in [6.07, 6.45) is -1.61. The van der Waals surface area contributed by atoms with Gasteiger partial charge in [-0.3, -0.25) is 4.79 Å². The summed E-state index contributed by atoms with van der Waals surface area (Å²) in [5.41, 5.74) is 0. The first-order valence-corrected chi connectivity index (χ1v) is 3.49. The maximum atomic E-state index is 10.6. The van der Waals surface area contributed by atoms with Crippen LogP contribution in [0.25, 0.3) is 0 Å². The summed E-state index contributed by atoms with van der Waals surface area (Å²) in [7, 11) is 0. The van der Waals surface area contributed by atoms with Gasteiger partial charge in [0.15, 0.2) is 6.10 Å². The first-order valence-electron chi connectivity index (χ1n) is 3.90. The first kappa shape index (κ1) is 8.99. The van der Waals surface area contributed by atoms with Gasteiger partial charge in [0, 0.05) is 0 Å². The molecule has 0 rings (SSSR count). The topological polar surface area (TPSA) is 94.8 Å². The fraction of sp³-hybridized carbons (Fsp3) is 0.714. The van der Waals surface area contributed by atoms with Gasteiger partial charge in [-0.05, 0) is 5.92 Å². The predicted molar refractivity (Wildman–Crippen MR) is 39.6 cm³/mol. The first-order chi connectivity index (χ1) is 5.91. The molecule has 5 nitrogen and oxygen atoms in total. The van der Waals surface area contributed by atoms with Crippen molar-refractivity contribution in [2.45, 2.75) is 20.0 Å². The van der Waals surface area contributed by atoms with Crippen LogP contribution in [0.4, 0.5) is 0 Å². The zero-order valence-electron chi connectivity index (χ0n) is 7.85. The Balaban J connectivity index is 4.69. The lowest BCUT2D eigenvalue weighted by atomic mass is 9.90. The fourth-order valence-corrected chi connectivity index (χ4v) is 0.918.